The SMILES string of the molecule is O=C(NC(CO)(CO)CO)c1nn[nH]n1. The molecule has 0 aromatic carbocycles. The number of nitrogens with one attached hydrogen (secondary N) is 2. The highest BCUT2D eigenvalue weighted by atomic mass is 16.3. The third-order valence-electron chi connectivity index (χ3n) is 1.84. The van der Waals surface area contributed by atoms with Gasteiger partial charge in [-0.05, 0) is 5.21 Å². The van der Waals surface area contributed by atoms with E-state index in [4.69, 9.17) is 15.3 Å². The Morgan fingerprint density at radius 1 is 1.33 bits per heavy atom. The Morgan fingerprint density at radius 3 is 2.33 bits per heavy atom. The molecule has 0 bridgehead atoms. The molecule has 0 aliphatic heterocycles. The van der Waals surface area contributed by atoms with Crippen LogP contribution in [0.3, 0.4) is 0 Å². The fraction of sp³-hybridized carbons (Fsp3) is 0.667. The van der Waals surface area contributed by atoms with Crippen LogP contribution in [-0.4, -0.2) is 67.2 Å². The van der Waals surface area contributed by atoms with E-state index in [0.717, 1.165) is 0 Å². The van der Waals surface area contributed by atoms with Crippen LogP contribution >= 0.6 is 0 Å². The second-order valence-electron chi connectivity index (χ2n) is 2.94. The van der Waals surface area contributed by atoms with Gasteiger partial charge in [0.2, 0.25) is 0 Å². The number of aromatic nitrogens is 4. The van der Waals surface area contributed by atoms with Crippen LogP contribution in [0.5, 0.6) is 0 Å². The number of nitrogens with zero attached hydrogens (tertiary/aromatic N) is 3. The first-order chi connectivity index (χ1) is 7.17. The Morgan fingerprint density at radius 2 is 1.93 bits per heavy atom. The van der Waals surface area contributed by atoms with Gasteiger partial charge in [0.25, 0.3) is 11.7 Å². The zero-order valence-corrected chi connectivity index (χ0v) is 7.71. The molecule has 0 fully saturated rings. The molecule has 0 aliphatic rings. The molecule has 84 valence electrons. The van der Waals surface area contributed by atoms with Crippen LogP contribution in [-0.2, 0) is 0 Å². The molecule has 0 atom stereocenters. The van der Waals surface area contributed by atoms with E-state index in [9.17, 15) is 4.79 Å². The summed E-state index contributed by atoms with van der Waals surface area (Å²) < 4.78 is 0. The maximum Gasteiger partial charge on any atom is 0.293 e. The summed E-state index contributed by atoms with van der Waals surface area (Å²) in [5, 5.41) is 41.0. The van der Waals surface area contributed by atoms with E-state index in [1.54, 1.807) is 0 Å². The van der Waals surface area contributed by atoms with Crippen LogP contribution in [0.4, 0.5) is 0 Å². The summed E-state index contributed by atoms with van der Waals surface area (Å²) in [6.45, 7) is -1.82. The predicted molar refractivity (Wildman–Crippen MR) is 45.6 cm³/mol. The van der Waals surface area contributed by atoms with E-state index in [2.05, 4.69) is 25.9 Å². The Bertz CT molecular complexity index is 301. The number of aliphatic hydroxyl groups is 3. The number of aliphatic hydroxyl groups excluding tert-OH is 3. The molecular weight excluding hydrogens is 206 g/mol. The third kappa shape index (κ3) is 2.46. The van der Waals surface area contributed by atoms with Gasteiger partial charge in [-0.15, -0.1) is 10.2 Å². The monoisotopic (exact) mass is 217 g/mol. The third-order valence-corrected chi connectivity index (χ3v) is 1.84. The molecule has 9 heteroatoms. The normalized spacial score (nSPS) is 11.4. The Balaban J connectivity index is 2.71. The lowest BCUT2D eigenvalue weighted by molar-refractivity contribution is 0.0370. The van der Waals surface area contributed by atoms with Crippen molar-refractivity contribution >= 4 is 5.91 Å². The molecule has 0 radical (unpaired) electrons. The fourth-order valence-electron chi connectivity index (χ4n) is 0.823. The van der Waals surface area contributed by atoms with Crippen molar-refractivity contribution in [2.24, 2.45) is 0 Å². The van der Waals surface area contributed by atoms with Gasteiger partial charge in [-0.1, -0.05) is 0 Å². The van der Waals surface area contributed by atoms with E-state index < -0.39 is 31.3 Å². The lowest BCUT2D eigenvalue weighted by Gasteiger charge is -2.27. The van der Waals surface area contributed by atoms with E-state index in [0.29, 0.717) is 0 Å². The molecule has 0 saturated heterocycles. The van der Waals surface area contributed by atoms with Crippen molar-refractivity contribution in [2.45, 2.75) is 5.54 Å². The van der Waals surface area contributed by atoms with Gasteiger partial charge in [0, 0.05) is 0 Å². The summed E-state index contributed by atoms with van der Waals surface area (Å²) in [5.74, 6) is -0.990. The average molecular weight is 217 g/mol. The van der Waals surface area contributed by atoms with E-state index in [1.165, 1.54) is 0 Å². The van der Waals surface area contributed by atoms with Gasteiger partial charge in [0.1, 0.15) is 5.54 Å². The number of hydrogen-bond donors (Lipinski definition) is 5. The summed E-state index contributed by atoms with van der Waals surface area (Å²) >= 11 is 0. The molecule has 9 nitrogen and oxygen atoms in total. The minimum atomic E-state index is -1.49. The number of hydrogen-bond acceptors (Lipinski definition) is 7. The summed E-state index contributed by atoms with van der Waals surface area (Å²) in [4.78, 5) is 11.4. The molecule has 15 heavy (non-hydrogen) atoms. The smallest absolute Gasteiger partial charge is 0.293 e. The van der Waals surface area contributed by atoms with Crippen molar-refractivity contribution in [3.63, 3.8) is 0 Å². The standard InChI is InChI=1S/C6H11N5O4/c12-1-6(2-13,3-14)7-5(15)4-8-10-11-9-4/h12-14H,1-3H2,(H,7,15)(H,8,9,10,11). The van der Waals surface area contributed by atoms with Gasteiger partial charge >= 0.3 is 0 Å². The van der Waals surface area contributed by atoms with Gasteiger partial charge in [0.05, 0.1) is 19.8 Å². The molecule has 1 aromatic heterocycles. The number of aromatic amines is 1. The molecule has 1 rings (SSSR count). The van der Waals surface area contributed by atoms with E-state index >= 15 is 0 Å². The van der Waals surface area contributed by atoms with Gasteiger partial charge in [-0.2, -0.15) is 5.21 Å². The molecule has 1 amide bonds. The summed E-state index contributed by atoms with van der Waals surface area (Å²) in [6.07, 6.45) is 0. The predicted octanol–water partition coefficient (Wildman–Crippen LogP) is -3.35. The zero-order valence-electron chi connectivity index (χ0n) is 7.71. The van der Waals surface area contributed by atoms with Crippen LogP contribution in [0.25, 0.3) is 0 Å². The first-order valence-corrected chi connectivity index (χ1v) is 4.06. The van der Waals surface area contributed by atoms with Gasteiger partial charge in [0.15, 0.2) is 0 Å². The number of amides is 1. The van der Waals surface area contributed by atoms with Gasteiger partial charge in [-0.25, -0.2) is 0 Å². The summed E-state index contributed by atoms with van der Waals surface area (Å²) in [7, 11) is 0. The molecular formula is C6H11N5O4. The number of tetrazole rings is 1. The molecule has 0 saturated carbocycles. The van der Waals surface area contributed by atoms with Crippen molar-refractivity contribution < 1.29 is 20.1 Å². The molecule has 1 aromatic rings. The van der Waals surface area contributed by atoms with E-state index in [-0.39, 0.29) is 5.82 Å². The van der Waals surface area contributed by atoms with Crippen molar-refractivity contribution in [3.8, 4) is 0 Å². The molecule has 0 aliphatic carbocycles. The second-order valence-corrected chi connectivity index (χ2v) is 2.94. The zero-order chi connectivity index (χ0) is 11.3. The number of rotatable bonds is 5. The maximum absolute atomic E-state index is 11.4. The van der Waals surface area contributed by atoms with Gasteiger partial charge < -0.3 is 20.6 Å². The Labute approximate surface area is 84.1 Å². The van der Waals surface area contributed by atoms with Crippen molar-refractivity contribution in [1.82, 2.24) is 25.9 Å². The lowest BCUT2D eigenvalue weighted by atomic mass is 10.0. The first-order valence-electron chi connectivity index (χ1n) is 4.06. The average Bonchev–Trinajstić information content (AvgIpc) is 2.79. The van der Waals surface area contributed by atoms with Crippen LogP contribution in [0.2, 0.25) is 0 Å². The molecule has 1 heterocycles. The molecule has 0 spiro atoms. The number of carbonyl (C=O) groups is 1. The van der Waals surface area contributed by atoms with Crippen molar-refractivity contribution in [1.29, 1.82) is 0 Å². The lowest BCUT2D eigenvalue weighted by Crippen LogP contribution is -2.57. The topological polar surface area (TPSA) is 144 Å². The van der Waals surface area contributed by atoms with Gasteiger partial charge in [-0.3, -0.25) is 4.79 Å². The fourth-order valence-corrected chi connectivity index (χ4v) is 0.823. The molecule has 5 N–H and O–H groups in total. The second kappa shape index (κ2) is 4.77. The Hall–Kier alpha value is -1.58. The van der Waals surface area contributed by atoms with E-state index in [1.807, 2.05) is 0 Å². The summed E-state index contributed by atoms with van der Waals surface area (Å²) in [5.41, 5.74) is -1.49. The number of carbonyl (C=O) groups excluding carboxylic acids is 1. The van der Waals surface area contributed by atoms with Crippen molar-refractivity contribution in [2.75, 3.05) is 19.8 Å². The number of H-pyrrole nitrogens is 1. The maximum atomic E-state index is 11.4. The summed E-state index contributed by atoms with van der Waals surface area (Å²) in [6, 6.07) is 0. The highest BCUT2D eigenvalue weighted by Crippen LogP contribution is 2.02. The highest BCUT2D eigenvalue weighted by molar-refractivity contribution is 5.90. The Kier molecular flexibility index (Phi) is 3.66. The van der Waals surface area contributed by atoms with Crippen LogP contribution in [0.15, 0.2) is 0 Å². The van der Waals surface area contributed by atoms with Crippen LogP contribution in [0, 0.1) is 0 Å². The van der Waals surface area contributed by atoms with Crippen molar-refractivity contribution in [3.05, 3.63) is 5.82 Å². The minimum Gasteiger partial charge on any atom is -0.394 e. The van der Waals surface area contributed by atoms with Crippen LogP contribution < -0.4 is 5.32 Å². The largest absolute Gasteiger partial charge is 0.394 e. The van der Waals surface area contributed by atoms with Crippen LogP contribution in [0.1, 0.15) is 10.6 Å². The minimum absolute atomic E-state index is 0.241. The first kappa shape index (κ1) is 11.5. The quantitative estimate of drug-likeness (QED) is 0.346. The highest BCUT2D eigenvalue weighted by Gasteiger charge is 2.31. The molecule has 0 unspecified atom stereocenters.